The minimum Gasteiger partial charge on any atom is -0.497 e. The van der Waals surface area contributed by atoms with Gasteiger partial charge < -0.3 is 15.2 Å². The predicted molar refractivity (Wildman–Crippen MR) is 73.4 cm³/mol. The topological polar surface area (TPSA) is 71.5 Å². The number of rotatable bonds is 5. The molecule has 0 radical (unpaired) electrons. The van der Waals surface area contributed by atoms with E-state index in [1.165, 1.54) is 11.3 Å². The molecule has 0 saturated heterocycles. The molecular weight excluding hydrogens is 264 g/mol. The number of benzene rings is 1. The summed E-state index contributed by atoms with van der Waals surface area (Å²) in [6.45, 7) is -0.101. The molecule has 1 amide bonds. The van der Waals surface area contributed by atoms with Gasteiger partial charge in [-0.1, -0.05) is 0 Å². The van der Waals surface area contributed by atoms with Crippen LogP contribution >= 0.6 is 11.3 Å². The van der Waals surface area contributed by atoms with Crippen molar-refractivity contribution in [3.05, 3.63) is 40.3 Å². The zero-order valence-corrected chi connectivity index (χ0v) is 11.2. The lowest BCUT2D eigenvalue weighted by Crippen LogP contribution is -2.14. The van der Waals surface area contributed by atoms with Crippen molar-refractivity contribution in [3.8, 4) is 5.75 Å². The summed E-state index contributed by atoms with van der Waals surface area (Å²) >= 11 is 1.37. The number of ether oxygens (including phenoxy) is 1. The smallest absolute Gasteiger partial charge is 0.231 e. The third kappa shape index (κ3) is 3.77. The molecule has 2 N–H and O–H groups in total. The number of thiazole rings is 1. The van der Waals surface area contributed by atoms with E-state index in [4.69, 9.17) is 9.84 Å². The normalized spacial score (nSPS) is 10.2. The number of aliphatic hydroxyl groups excluding tert-OH is 1. The molecule has 0 aliphatic rings. The Balaban J connectivity index is 1.93. The van der Waals surface area contributed by atoms with Crippen molar-refractivity contribution in [1.29, 1.82) is 0 Å². The fraction of sp³-hybridized carbons (Fsp3) is 0.231. The van der Waals surface area contributed by atoms with Gasteiger partial charge in [0.1, 0.15) is 10.8 Å². The van der Waals surface area contributed by atoms with E-state index in [2.05, 4.69) is 10.3 Å². The van der Waals surface area contributed by atoms with Crippen LogP contribution in [0.15, 0.2) is 29.6 Å². The molecule has 2 rings (SSSR count). The van der Waals surface area contributed by atoms with Gasteiger partial charge in [-0.05, 0) is 24.3 Å². The maximum absolute atomic E-state index is 11.8. The first-order chi connectivity index (χ1) is 9.21. The standard InChI is InChI=1S/C13H14N2O3S/c1-18-11-4-2-9(3-5-11)14-12(17)6-13-15-10(7-16)8-19-13/h2-5,8,16H,6-7H2,1H3,(H,14,17). The molecule has 1 heterocycles. The average molecular weight is 278 g/mol. The summed E-state index contributed by atoms with van der Waals surface area (Å²) in [6.07, 6.45) is 0.205. The molecule has 0 saturated carbocycles. The molecule has 0 aliphatic heterocycles. The summed E-state index contributed by atoms with van der Waals surface area (Å²) in [5.74, 6) is 0.606. The predicted octanol–water partition coefficient (Wildman–Crippen LogP) is 1.83. The van der Waals surface area contributed by atoms with Crippen molar-refractivity contribution < 1.29 is 14.6 Å². The molecule has 0 spiro atoms. The number of hydrogen-bond donors (Lipinski definition) is 2. The number of carbonyl (C=O) groups excluding carboxylic acids is 1. The van der Waals surface area contributed by atoms with Gasteiger partial charge in [-0.25, -0.2) is 4.98 Å². The molecule has 19 heavy (non-hydrogen) atoms. The summed E-state index contributed by atoms with van der Waals surface area (Å²) in [7, 11) is 1.59. The molecule has 0 aliphatic carbocycles. The van der Waals surface area contributed by atoms with E-state index in [-0.39, 0.29) is 18.9 Å². The van der Waals surface area contributed by atoms with Crippen LogP contribution in [0.4, 0.5) is 5.69 Å². The summed E-state index contributed by atoms with van der Waals surface area (Å²) in [4.78, 5) is 15.9. The maximum Gasteiger partial charge on any atom is 0.231 e. The van der Waals surface area contributed by atoms with Crippen LogP contribution in [0.2, 0.25) is 0 Å². The Bertz CT molecular complexity index is 551. The lowest BCUT2D eigenvalue weighted by molar-refractivity contribution is -0.115. The highest BCUT2D eigenvalue weighted by atomic mass is 32.1. The number of amides is 1. The van der Waals surface area contributed by atoms with Crippen molar-refractivity contribution in [2.24, 2.45) is 0 Å². The molecule has 0 bridgehead atoms. The minimum absolute atomic E-state index is 0.101. The molecule has 0 atom stereocenters. The number of hydrogen-bond acceptors (Lipinski definition) is 5. The van der Waals surface area contributed by atoms with E-state index in [1.807, 2.05) is 0 Å². The Morgan fingerprint density at radius 2 is 2.16 bits per heavy atom. The average Bonchev–Trinajstić information content (AvgIpc) is 2.87. The van der Waals surface area contributed by atoms with Crippen molar-refractivity contribution in [2.75, 3.05) is 12.4 Å². The maximum atomic E-state index is 11.8. The highest BCUT2D eigenvalue weighted by Crippen LogP contribution is 2.16. The molecular formula is C13H14N2O3S. The third-order valence-corrected chi connectivity index (χ3v) is 3.34. The summed E-state index contributed by atoms with van der Waals surface area (Å²) in [5.41, 5.74) is 1.31. The zero-order valence-electron chi connectivity index (χ0n) is 10.4. The van der Waals surface area contributed by atoms with E-state index < -0.39 is 0 Å². The molecule has 100 valence electrons. The van der Waals surface area contributed by atoms with Crippen LogP contribution in [-0.4, -0.2) is 23.1 Å². The highest BCUT2D eigenvalue weighted by Gasteiger charge is 2.08. The number of carbonyl (C=O) groups is 1. The second-order valence-electron chi connectivity index (χ2n) is 3.84. The van der Waals surface area contributed by atoms with Crippen LogP contribution in [0.5, 0.6) is 5.75 Å². The molecule has 0 unspecified atom stereocenters. The lowest BCUT2D eigenvalue weighted by Gasteiger charge is -2.05. The minimum atomic E-state index is -0.135. The second kappa shape index (κ2) is 6.31. The van der Waals surface area contributed by atoms with Gasteiger partial charge in [0.25, 0.3) is 0 Å². The van der Waals surface area contributed by atoms with E-state index in [1.54, 1.807) is 36.8 Å². The molecule has 1 aromatic heterocycles. The fourth-order valence-corrected chi connectivity index (χ4v) is 2.30. The van der Waals surface area contributed by atoms with Crippen molar-refractivity contribution in [2.45, 2.75) is 13.0 Å². The monoisotopic (exact) mass is 278 g/mol. The van der Waals surface area contributed by atoms with Crippen LogP contribution in [0.3, 0.4) is 0 Å². The van der Waals surface area contributed by atoms with Crippen molar-refractivity contribution in [3.63, 3.8) is 0 Å². The lowest BCUT2D eigenvalue weighted by atomic mass is 10.3. The van der Waals surface area contributed by atoms with Gasteiger partial charge >= 0.3 is 0 Å². The Morgan fingerprint density at radius 1 is 1.42 bits per heavy atom. The van der Waals surface area contributed by atoms with Crippen molar-refractivity contribution in [1.82, 2.24) is 4.98 Å². The SMILES string of the molecule is COc1ccc(NC(=O)Cc2nc(CO)cs2)cc1. The summed E-state index contributed by atoms with van der Waals surface area (Å²) < 4.78 is 5.04. The van der Waals surface area contributed by atoms with Gasteiger partial charge in [-0.15, -0.1) is 11.3 Å². The largest absolute Gasteiger partial charge is 0.497 e. The van der Waals surface area contributed by atoms with Crippen molar-refractivity contribution >= 4 is 22.9 Å². The van der Waals surface area contributed by atoms with Crippen LogP contribution in [0.1, 0.15) is 10.7 Å². The Hall–Kier alpha value is -1.92. The van der Waals surface area contributed by atoms with Gasteiger partial charge in [0, 0.05) is 11.1 Å². The third-order valence-electron chi connectivity index (χ3n) is 2.45. The van der Waals surface area contributed by atoms with Gasteiger partial charge in [0.15, 0.2) is 0 Å². The van der Waals surface area contributed by atoms with Crippen LogP contribution < -0.4 is 10.1 Å². The van der Waals surface area contributed by atoms with E-state index >= 15 is 0 Å². The first-order valence-electron chi connectivity index (χ1n) is 5.69. The van der Waals surface area contributed by atoms with Gasteiger partial charge in [0.2, 0.25) is 5.91 Å². The van der Waals surface area contributed by atoms with Crippen LogP contribution in [0, 0.1) is 0 Å². The number of nitrogens with one attached hydrogen (secondary N) is 1. The number of aliphatic hydroxyl groups is 1. The highest BCUT2D eigenvalue weighted by molar-refractivity contribution is 7.09. The Kier molecular flexibility index (Phi) is 4.48. The number of nitrogens with zero attached hydrogens (tertiary/aromatic N) is 1. The quantitative estimate of drug-likeness (QED) is 0.875. The summed E-state index contributed by atoms with van der Waals surface area (Å²) in [5, 5.41) is 14.1. The molecule has 0 fully saturated rings. The summed E-state index contributed by atoms with van der Waals surface area (Å²) in [6, 6.07) is 7.11. The Morgan fingerprint density at radius 3 is 2.74 bits per heavy atom. The molecule has 2 aromatic rings. The van der Waals surface area contributed by atoms with Gasteiger partial charge in [0.05, 0.1) is 25.8 Å². The second-order valence-corrected chi connectivity index (χ2v) is 4.79. The van der Waals surface area contributed by atoms with E-state index in [0.29, 0.717) is 16.4 Å². The zero-order chi connectivity index (χ0) is 13.7. The first-order valence-corrected chi connectivity index (χ1v) is 6.57. The number of methoxy groups -OCH3 is 1. The number of aromatic nitrogens is 1. The first kappa shape index (κ1) is 13.5. The van der Waals surface area contributed by atoms with Crippen LogP contribution in [0.25, 0.3) is 0 Å². The van der Waals surface area contributed by atoms with Gasteiger partial charge in [-0.3, -0.25) is 4.79 Å². The molecule has 5 nitrogen and oxygen atoms in total. The molecule has 1 aromatic carbocycles. The van der Waals surface area contributed by atoms with Gasteiger partial charge in [-0.2, -0.15) is 0 Å². The Labute approximate surface area is 114 Å². The van der Waals surface area contributed by atoms with E-state index in [0.717, 1.165) is 5.75 Å². The molecule has 6 heteroatoms. The van der Waals surface area contributed by atoms with Crippen LogP contribution in [-0.2, 0) is 17.8 Å². The van der Waals surface area contributed by atoms with E-state index in [9.17, 15) is 4.79 Å². The number of anilines is 1. The fourth-order valence-electron chi connectivity index (χ4n) is 1.52.